The third kappa shape index (κ3) is 17.3. The molecule has 20 heavy (non-hydrogen) atoms. The number of aliphatic hydroxyl groups is 1. The summed E-state index contributed by atoms with van der Waals surface area (Å²) >= 11 is 0. The van der Waals surface area contributed by atoms with Crippen LogP contribution < -0.4 is 5.73 Å². The lowest BCUT2D eigenvalue weighted by atomic mass is 10.6. The predicted molar refractivity (Wildman–Crippen MR) is 73.1 cm³/mol. The molecule has 3 N–H and O–H groups in total. The number of aliphatic hydroxyl groups excluding tert-OH is 1. The van der Waals surface area contributed by atoms with E-state index in [4.69, 9.17) is 40.9 Å². The zero-order valence-electron chi connectivity index (χ0n) is 11.8. The zero-order chi connectivity index (χ0) is 14.9. The minimum Gasteiger partial charge on any atom is -0.377 e. The van der Waals surface area contributed by atoms with Gasteiger partial charge in [-0.15, -0.1) is 6.42 Å². The van der Waals surface area contributed by atoms with Gasteiger partial charge in [-0.05, 0) is 0 Å². The molecule has 0 aromatic carbocycles. The smallest absolute Gasteiger partial charge is 0.126 e. The summed E-state index contributed by atoms with van der Waals surface area (Å²) in [4.78, 5) is 0. The minimum atomic E-state index is -0.935. The molecule has 0 bridgehead atoms. The van der Waals surface area contributed by atoms with Gasteiger partial charge >= 0.3 is 0 Å². The largest absolute Gasteiger partial charge is 0.377 e. The summed E-state index contributed by atoms with van der Waals surface area (Å²) in [7, 11) is 0. The second kappa shape index (κ2) is 16.3. The highest BCUT2D eigenvalue weighted by Gasteiger charge is 1.95. The number of nitrogens with two attached hydrogens (primary N) is 1. The van der Waals surface area contributed by atoms with E-state index in [1.807, 2.05) is 0 Å². The van der Waals surface area contributed by atoms with Gasteiger partial charge in [-0.25, -0.2) is 0 Å². The third-order valence-electron chi connectivity index (χ3n) is 1.96. The first-order valence-corrected chi connectivity index (χ1v) is 6.53. The van der Waals surface area contributed by atoms with Crippen LogP contribution in [-0.4, -0.2) is 77.4 Å². The highest BCUT2D eigenvalue weighted by atomic mass is 16.6. The fraction of sp³-hybridized carbons (Fsp3) is 0.846. The van der Waals surface area contributed by atoms with Gasteiger partial charge in [0, 0.05) is 0 Å². The van der Waals surface area contributed by atoms with Crippen molar-refractivity contribution in [2.45, 2.75) is 6.23 Å². The molecule has 1 atom stereocenters. The lowest BCUT2D eigenvalue weighted by Gasteiger charge is -2.08. The Bertz CT molecular complexity index is 231. The van der Waals surface area contributed by atoms with Gasteiger partial charge in [0.1, 0.15) is 12.8 Å². The van der Waals surface area contributed by atoms with Crippen LogP contribution in [0.25, 0.3) is 0 Å². The fourth-order valence-corrected chi connectivity index (χ4v) is 1.11. The molecular weight excluding hydrogens is 266 g/mol. The van der Waals surface area contributed by atoms with E-state index >= 15 is 0 Å². The van der Waals surface area contributed by atoms with Crippen molar-refractivity contribution in [3.05, 3.63) is 0 Å². The first kappa shape index (κ1) is 19.3. The van der Waals surface area contributed by atoms with Crippen LogP contribution in [0.5, 0.6) is 0 Å². The van der Waals surface area contributed by atoms with Crippen molar-refractivity contribution in [1.82, 2.24) is 0 Å². The highest BCUT2D eigenvalue weighted by Crippen LogP contribution is 1.84. The quantitative estimate of drug-likeness (QED) is 0.227. The van der Waals surface area contributed by atoms with Crippen molar-refractivity contribution < 1.29 is 28.8 Å². The van der Waals surface area contributed by atoms with Crippen LogP contribution in [0.4, 0.5) is 0 Å². The van der Waals surface area contributed by atoms with Gasteiger partial charge in [-0.2, -0.15) is 0 Å². The van der Waals surface area contributed by atoms with Crippen LogP contribution >= 0.6 is 0 Å². The molecule has 7 nitrogen and oxygen atoms in total. The fourth-order valence-electron chi connectivity index (χ4n) is 1.11. The van der Waals surface area contributed by atoms with E-state index in [9.17, 15) is 0 Å². The van der Waals surface area contributed by atoms with Gasteiger partial charge in [0.15, 0.2) is 0 Å². The zero-order valence-corrected chi connectivity index (χ0v) is 11.8. The second-order valence-electron chi connectivity index (χ2n) is 3.74. The van der Waals surface area contributed by atoms with Gasteiger partial charge in [0.05, 0.1) is 59.5 Å². The Labute approximate surface area is 120 Å². The Morgan fingerprint density at radius 1 is 0.800 bits per heavy atom. The third-order valence-corrected chi connectivity index (χ3v) is 1.96. The molecule has 0 aliphatic heterocycles. The van der Waals surface area contributed by atoms with E-state index in [1.165, 1.54) is 0 Å². The average Bonchev–Trinajstić information content (AvgIpc) is 2.43. The molecule has 0 saturated carbocycles. The van der Waals surface area contributed by atoms with E-state index in [1.54, 1.807) is 0 Å². The number of hydrogen-bond donors (Lipinski definition) is 2. The van der Waals surface area contributed by atoms with Crippen molar-refractivity contribution in [2.24, 2.45) is 5.73 Å². The lowest BCUT2D eigenvalue weighted by molar-refractivity contribution is -0.0192. The molecule has 0 aliphatic rings. The molecule has 0 aromatic rings. The van der Waals surface area contributed by atoms with Crippen molar-refractivity contribution in [3.8, 4) is 12.3 Å². The van der Waals surface area contributed by atoms with Gasteiger partial charge in [-0.3, -0.25) is 0 Å². The summed E-state index contributed by atoms with van der Waals surface area (Å²) in [5.41, 5.74) is 5.09. The molecule has 0 saturated heterocycles. The molecule has 1 unspecified atom stereocenters. The predicted octanol–water partition coefficient (Wildman–Crippen LogP) is -1.02. The van der Waals surface area contributed by atoms with E-state index < -0.39 is 6.23 Å². The first-order chi connectivity index (χ1) is 9.77. The van der Waals surface area contributed by atoms with Crippen molar-refractivity contribution >= 4 is 0 Å². The maximum absolute atomic E-state index is 8.72. The molecule has 0 spiro atoms. The molecule has 0 radical (unpaired) electrons. The molecule has 7 heteroatoms. The normalized spacial score (nSPS) is 12.2. The highest BCUT2D eigenvalue weighted by molar-refractivity contribution is 4.82. The van der Waals surface area contributed by atoms with Crippen LogP contribution in [0.3, 0.4) is 0 Å². The number of terminal acetylenes is 1. The van der Waals surface area contributed by atoms with Crippen molar-refractivity contribution in [3.63, 3.8) is 0 Å². The summed E-state index contributed by atoms with van der Waals surface area (Å²) < 4.78 is 25.8. The number of ether oxygens (including phenoxy) is 5. The van der Waals surface area contributed by atoms with Crippen molar-refractivity contribution in [1.29, 1.82) is 0 Å². The number of rotatable bonds is 15. The van der Waals surface area contributed by atoms with Crippen molar-refractivity contribution in [2.75, 3.05) is 66.1 Å². The average molecular weight is 291 g/mol. The molecule has 0 aliphatic carbocycles. The second-order valence-corrected chi connectivity index (χ2v) is 3.74. The van der Waals surface area contributed by atoms with Gasteiger partial charge < -0.3 is 34.5 Å². The summed E-state index contributed by atoms with van der Waals surface area (Å²) in [5, 5.41) is 8.72. The molecule has 0 amide bonds. The number of hydrogen-bond acceptors (Lipinski definition) is 7. The van der Waals surface area contributed by atoms with Gasteiger partial charge in [-0.1, -0.05) is 5.92 Å². The monoisotopic (exact) mass is 291 g/mol. The Balaban J connectivity index is 2.94. The minimum absolute atomic E-state index is 0.113. The van der Waals surface area contributed by atoms with E-state index in [0.29, 0.717) is 59.5 Å². The maximum atomic E-state index is 8.72. The summed E-state index contributed by atoms with van der Waals surface area (Å²) in [5.74, 6) is 2.37. The summed E-state index contributed by atoms with van der Waals surface area (Å²) in [6, 6.07) is 0. The van der Waals surface area contributed by atoms with Crippen LogP contribution in [0, 0.1) is 12.3 Å². The SMILES string of the molecule is C#CCOCCOCCOCCOCCOCC(N)O. The maximum Gasteiger partial charge on any atom is 0.126 e. The Morgan fingerprint density at radius 3 is 1.60 bits per heavy atom. The van der Waals surface area contributed by atoms with Crippen LogP contribution in [-0.2, 0) is 23.7 Å². The molecular formula is C13H25NO6. The standard InChI is InChI=1S/C13H25NO6/c1-2-3-16-4-5-17-6-7-18-8-9-19-10-11-20-12-13(14)15/h1,13,15H,3-12,14H2. The van der Waals surface area contributed by atoms with E-state index in [2.05, 4.69) is 5.92 Å². The summed E-state index contributed by atoms with van der Waals surface area (Å²) in [6.45, 7) is 4.26. The van der Waals surface area contributed by atoms with E-state index in [-0.39, 0.29) is 6.61 Å². The summed E-state index contributed by atoms with van der Waals surface area (Å²) in [6.07, 6.45) is 4.08. The van der Waals surface area contributed by atoms with Gasteiger partial charge in [0.2, 0.25) is 0 Å². The molecule has 118 valence electrons. The molecule has 0 rings (SSSR count). The Hall–Kier alpha value is -0.720. The molecule has 0 fully saturated rings. The van der Waals surface area contributed by atoms with Gasteiger partial charge in [0.25, 0.3) is 0 Å². The van der Waals surface area contributed by atoms with Crippen LogP contribution in [0.1, 0.15) is 0 Å². The van der Waals surface area contributed by atoms with Crippen LogP contribution in [0.2, 0.25) is 0 Å². The first-order valence-electron chi connectivity index (χ1n) is 6.53. The van der Waals surface area contributed by atoms with Crippen LogP contribution in [0.15, 0.2) is 0 Å². The Morgan fingerprint density at radius 2 is 1.20 bits per heavy atom. The molecule has 0 heterocycles. The lowest BCUT2D eigenvalue weighted by Crippen LogP contribution is -2.26. The Kier molecular flexibility index (Phi) is 15.7. The topological polar surface area (TPSA) is 92.4 Å². The molecule has 0 aromatic heterocycles. The van der Waals surface area contributed by atoms with E-state index in [0.717, 1.165) is 0 Å².